The minimum atomic E-state index is 0. The van der Waals surface area contributed by atoms with Gasteiger partial charge in [-0.3, -0.25) is 0 Å². The van der Waals surface area contributed by atoms with Crippen molar-refractivity contribution in [3.8, 4) is 0 Å². The van der Waals surface area contributed by atoms with E-state index in [1.165, 1.54) is 18.3 Å². The molecule has 0 N–H and O–H groups in total. The average Bonchev–Trinajstić information content (AvgIpc) is 2.17. The van der Waals surface area contributed by atoms with E-state index in [1.54, 1.807) is 19.3 Å². The van der Waals surface area contributed by atoms with E-state index in [1.807, 2.05) is 0 Å². The molecular weight excluding hydrogens is 199 g/mol. The Morgan fingerprint density at radius 1 is 1.00 bits per heavy atom. The maximum absolute atomic E-state index is 1.58. The lowest BCUT2D eigenvalue weighted by Gasteiger charge is -1.80. The van der Waals surface area contributed by atoms with E-state index in [2.05, 4.69) is 0 Å². The second-order valence-corrected chi connectivity index (χ2v) is 2.69. The smallest absolute Gasteiger partial charge is 0.0383 e. The van der Waals surface area contributed by atoms with Crippen molar-refractivity contribution in [2.45, 2.75) is 25.7 Å². The summed E-state index contributed by atoms with van der Waals surface area (Å²) in [5.74, 6) is 2.43. The summed E-state index contributed by atoms with van der Waals surface area (Å²) in [5.41, 5.74) is 0. The minimum absolute atomic E-state index is 0. The van der Waals surface area contributed by atoms with Crippen LogP contribution in [0.4, 0.5) is 0 Å². The molecule has 0 radical (unpaired) electrons. The first-order chi connectivity index (χ1) is 2.97. The molecule has 0 aromatic carbocycles. The molecule has 0 amide bonds. The maximum atomic E-state index is 1.58. The molecule has 2 aliphatic carbocycles. The predicted molar refractivity (Wildman–Crippen MR) is 40.9 cm³/mol. The molecule has 0 aromatic heterocycles. The van der Waals surface area contributed by atoms with Crippen LogP contribution >= 0.6 is 24.0 Å². The van der Waals surface area contributed by atoms with Crippen LogP contribution in [0.5, 0.6) is 0 Å². The van der Waals surface area contributed by atoms with Gasteiger partial charge in [0.1, 0.15) is 0 Å². The fraction of sp³-hybridized carbons (Fsp3) is 1.00. The van der Waals surface area contributed by atoms with Crippen LogP contribution in [0.2, 0.25) is 0 Å². The van der Waals surface area contributed by atoms with Crippen LogP contribution in [0.1, 0.15) is 25.7 Å². The maximum Gasteiger partial charge on any atom is -0.0383 e. The van der Waals surface area contributed by atoms with Gasteiger partial charge in [-0.1, -0.05) is 19.3 Å². The molecule has 0 aliphatic heterocycles. The van der Waals surface area contributed by atoms with Gasteiger partial charge in [0.15, 0.2) is 0 Å². The quantitative estimate of drug-likeness (QED) is 0.538. The zero-order valence-corrected chi connectivity index (χ0v) is 6.72. The Bertz CT molecular complexity index is 62.6. The highest BCUT2D eigenvalue weighted by Gasteiger charge is 2.40. The van der Waals surface area contributed by atoms with Gasteiger partial charge in [-0.05, 0) is 18.3 Å². The van der Waals surface area contributed by atoms with Crippen molar-refractivity contribution in [2.75, 3.05) is 0 Å². The molecule has 2 saturated carbocycles. The minimum Gasteiger partial charge on any atom is -0.107 e. The van der Waals surface area contributed by atoms with Gasteiger partial charge < -0.3 is 0 Å². The molecule has 2 aliphatic rings. The van der Waals surface area contributed by atoms with Crippen molar-refractivity contribution < 1.29 is 0 Å². The molecule has 0 nitrogen and oxygen atoms in total. The van der Waals surface area contributed by atoms with Crippen molar-refractivity contribution in [2.24, 2.45) is 11.8 Å². The van der Waals surface area contributed by atoms with Crippen LogP contribution in [-0.4, -0.2) is 0 Å². The lowest BCUT2D eigenvalue weighted by Crippen LogP contribution is -1.64. The first-order valence-corrected chi connectivity index (χ1v) is 2.97. The van der Waals surface area contributed by atoms with Gasteiger partial charge in [0.25, 0.3) is 0 Å². The van der Waals surface area contributed by atoms with E-state index in [0.29, 0.717) is 0 Å². The largest absolute Gasteiger partial charge is 0.107 e. The summed E-state index contributed by atoms with van der Waals surface area (Å²) in [6.45, 7) is 0. The summed E-state index contributed by atoms with van der Waals surface area (Å²) >= 11 is 0. The van der Waals surface area contributed by atoms with Crippen molar-refractivity contribution in [1.29, 1.82) is 0 Å². The zero-order valence-electron chi connectivity index (χ0n) is 4.39. The number of fused-ring (bicyclic) bond motifs is 1. The molecular formula is C6H11I. The van der Waals surface area contributed by atoms with Gasteiger partial charge in [0, 0.05) is 0 Å². The van der Waals surface area contributed by atoms with E-state index in [9.17, 15) is 0 Å². The van der Waals surface area contributed by atoms with Gasteiger partial charge >= 0.3 is 0 Å². The standard InChI is InChI=1S/C6H10.HI/c1-2-5-4-6(5)3-1;/h5-6H,1-4H2;1H. The fourth-order valence-electron chi connectivity index (χ4n) is 1.66. The number of halogens is 1. The highest BCUT2D eigenvalue weighted by molar-refractivity contribution is 14.0. The van der Waals surface area contributed by atoms with Crippen molar-refractivity contribution in [3.05, 3.63) is 0 Å². The van der Waals surface area contributed by atoms with Crippen molar-refractivity contribution in [3.63, 3.8) is 0 Å². The van der Waals surface area contributed by atoms with E-state index in [0.717, 1.165) is 0 Å². The lowest BCUT2D eigenvalue weighted by atomic mass is 10.3. The van der Waals surface area contributed by atoms with Crippen LogP contribution < -0.4 is 0 Å². The summed E-state index contributed by atoms with van der Waals surface area (Å²) in [7, 11) is 0. The molecule has 2 fully saturated rings. The van der Waals surface area contributed by atoms with Gasteiger partial charge in [-0.2, -0.15) is 0 Å². The van der Waals surface area contributed by atoms with Gasteiger partial charge in [0.05, 0.1) is 0 Å². The third-order valence-corrected chi connectivity index (χ3v) is 2.22. The molecule has 0 heterocycles. The normalized spacial score (nSPS) is 44.6. The molecule has 0 bridgehead atoms. The van der Waals surface area contributed by atoms with E-state index >= 15 is 0 Å². The fourth-order valence-corrected chi connectivity index (χ4v) is 1.66. The number of hydrogen-bond donors (Lipinski definition) is 0. The molecule has 7 heavy (non-hydrogen) atoms. The Labute approximate surface area is 61.7 Å². The summed E-state index contributed by atoms with van der Waals surface area (Å²) in [6, 6.07) is 0. The van der Waals surface area contributed by atoms with E-state index in [4.69, 9.17) is 0 Å². The third kappa shape index (κ3) is 0.929. The molecule has 2 unspecified atom stereocenters. The van der Waals surface area contributed by atoms with Crippen LogP contribution in [0.15, 0.2) is 0 Å². The molecule has 1 heteroatoms. The zero-order chi connectivity index (χ0) is 3.98. The van der Waals surface area contributed by atoms with Gasteiger partial charge in [-0.25, -0.2) is 0 Å². The first-order valence-electron chi connectivity index (χ1n) is 2.97. The average molecular weight is 210 g/mol. The Morgan fingerprint density at radius 3 is 1.71 bits per heavy atom. The number of hydrogen-bond acceptors (Lipinski definition) is 0. The van der Waals surface area contributed by atoms with Crippen LogP contribution in [0.3, 0.4) is 0 Å². The van der Waals surface area contributed by atoms with Crippen LogP contribution in [0.25, 0.3) is 0 Å². The molecule has 42 valence electrons. The topological polar surface area (TPSA) is 0 Å². The monoisotopic (exact) mass is 210 g/mol. The first kappa shape index (κ1) is 5.86. The third-order valence-electron chi connectivity index (χ3n) is 2.22. The molecule has 2 rings (SSSR count). The molecule has 2 atom stereocenters. The molecule has 0 saturated heterocycles. The highest BCUT2D eigenvalue weighted by Crippen LogP contribution is 2.51. The second-order valence-electron chi connectivity index (χ2n) is 2.69. The molecule has 0 aromatic rings. The van der Waals surface area contributed by atoms with Crippen molar-refractivity contribution >= 4 is 24.0 Å². The second kappa shape index (κ2) is 1.92. The number of rotatable bonds is 0. The summed E-state index contributed by atoms with van der Waals surface area (Å²) in [5, 5.41) is 0. The predicted octanol–water partition coefficient (Wildman–Crippen LogP) is 2.42. The Kier molecular flexibility index (Phi) is 1.61. The summed E-state index contributed by atoms with van der Waals surface area (Å²) in [6.07, 6.45) is 6.24. The SMILES string of the molecule is C1CC2CC2C1.I. The van der Waals surface area contributed by atoms with E-state index in [-0.39, 0.29) is 24.0 Å². The highest BCUT2D eigenvalue weighted by atomic mass is 127. The van der Waals surface area contributed by atoms with Gasteiger partial charge in [0.2, 0.25) is 0 Å². The summed E-state index contributed by atoms with van der Waals surface area (Å²) in [4.78, 5) is 0. The van der Waals surface area contributed by atoms with Crippen molar-refractivity contribution in [1.82, 2.24) is 0 Å². The lowest BCUT2D eigenvalue weighted by molar-refractivity contribution is 0.735. The Balaban J connectivity index is 0.000000245. The van der Waals surface area contributed by atoms with Gasteiger partial charge in [-0.15, -0.1) is 24.0 Å². The van der Waals surface area contributed by atoms with Crippen LogP contribution in [0, 0.1) is 11.8 Å². The summed E-state index contributed by atoms with van der Waals surface area (Å²) < 4.78 is 0. The molecule has 0 spiro atoms. The van der Waals surface area contributed by atoms with Crippen LogP contribution in [-0.2, 0) is 0 Å². The Hall–Kier alpha value is 0.730. The Morgan fingerprint density at radius 2 is 1.57 bits per heavy atom. The van der Waals surface area contributed by atoms with E-state index < -0.39 is 0 Å².